The zero-order chi connectivity index (χ0) is 15.6. The summed E-state index contributed by atoms with van der Waals surface area (Å²) < 4.78 is 3.41. The zero-order valence-corrected chi connectivity index (χ0v) is 12.7. The fourth-order valence-corrected chi connectivity index (χ4v) is 2.44. The predicted molar refractivity (Wildman–Crippen MR) is 86.7 cm³/mol. The molecule has 0 amide bonds. The molecule has 0 unspecified atom stereocenters. The Morgan fingerprint density at radius 1 is 0.957 bits per heavy atom. The number of hydrogen-bond donors (Lipinski definition) is 0. The number of rotatable bonds is 3. The van der Waals surface area contributed by atoms with Crippen LogP contribution in [0.4, 0.5) is 0 Å². The molecule has 6 nitrogen and oxygen atoms in total. The first-order chi connectivity index (χ1) is 11.3. The first kappa shape index (κ1) is 13.7. The van der Waals surface area contributed by atoms with Gasteiger partial charge in [-0.15, -0.1) is 0 Å². The van der Waals surface area contributed by atoms with Gasteiger partial charge in [-0.05, 0) is 30.3 Å². The second-order valence-electron chi connectivity index (χ2n) is 4.84. The molecule has 0 aliphatic heterocycles. The molecule has 0 N–H and O–H groups in total. The normalized spacial score (nSPS) is 10.8. The Balaban J connectivity index is 1.68. The van der Waals surface area contributed by atoms with Gasteiger partial charge in [0.25, 0.3) is 0 Å². The summed E-state index contributed by atoms with van der Waals surface area (Å²) in [5, 5.41) is 9.42. The van der Waals surface area contributed by atoms with Crippen LogP contribution in [0.5, 0.6) is 0 Å². The molecule has 0 aliphatic rings. The van der Waals surface area contributed by atoms with Gasteiger partial charge in [0.2, 0.25) is 0 Å². The topological polar surface area (TPSA) is 61.4 Å². The van der Waals surface area contributed by atoms with Gasteiger partial charge in [0.15, 0.2) is 5.82 Å². The van der Waals surface area contributed by atoms with Crippen LogP contribution in [0.2, 0.25) is 5.02 Å². The van der Waals surface area contributed by atoms with Crippen LogP contribution in [-0.2, 0) is 0 Å². The highest BCUT2D eigenvalue weighted by Crippen LogP contribution is 2.21. The molecule has 0 saturated heterocycles. The number of aromatic nitrogens is 6. The number of pyridine rings is 2. The zero-order valence-electron chi connectivity index (χ0n) is 11.9. The molecule has 23 heavy (non-hydrogen) atoms. The van der Waals surface area contributed by atoms with E-state index in [1.807, 2.05) is 30.6 Å². The van der Waals surface area contributed by atoms with Crippen LogP contribution in [0.3, 0.4) is 0 Å². The van der Waals surface area contributed by atoms with Crippen LogP contribution in [0.1, 0.15) is 0 Å². The maximum Gasteiger partial charge on any atom is 0.172 e. The minimum Gasteiger partial charge on any atom is -0.262 e. The van der Waals surface area contributed by atoms with E-state index in [-0.39, 0.29) is 0 Å². The smallest absolute Gasteiger partial charge is 0.172 e. The lowest BCUT2D eigenvalue weighted by atomic mass is 10.3. The monoisotopic (exact) mass is 322 g/mol. The van der Waals surface area contributed by atoms with E-state index >= 15 is 0 Å². The largest absolute Gasteiger partial charge is 0.262 e. The van der Waals surface area contributed by atoms with E-state index in [0.717, 1.165) is 16.9 Å². The molecule has 0 aromatic carbocycles. The van der Waals surface area contributed by atoms with E-state index in [1.165, 1.54) is 0 Å². The fraction of sp³-hybridized carbons (Fsp3) is 0. The third-order valence-electron chi connectivity index (χ3n) is 3.33. The van der Waals surface area contributed by atoms with E-state index in [4.69, 9.17) is 11.6 Å². The molecule has 4 heterocycles. The van der Waals surface area contributed by atoms with Crippen molar-refractivity contribution in [1.82, 2.24) is 29.5 Å². The molecule has 0 atom stereocenters. The molecular formula is C16H11ClN6. The van der Waals surface area contributed by atoms with Gasteiger partial charge in [0.1, 0.15) is 0 Å². The van der Waals surface area contributed by atoms with E-state index < -0.39 is 0 Å². The summed E-state index contributed by atoms with van der Waals surface area (Å²) in [7, 11) is 0. The highest BCUT2D eigenvalue weighted by Gasteiger charge is 2.09. The Labute approximate surface area is 137 Å². The summed E-state index contributed by atoms with van der Waals surface area (Å²) >= 11 is 6.15. The van der Waals surface area contributed by atoms with E-state index in [2.05, 4.69) is 20.2 Å². The Morgan fingerprint density at radius 3 is 2.70 bits per heavy atom. The Bertz CT molecular complexity index is 944. The minimum absolute atomic E-state index is 0.549. The van der Waals surface area contributed by atoms with Gasteiger partial charge in [-0.3, -0.25) is 4.98 Å². The van der Waals surface area contributed by atoms with Gasteiger partial charge in [-0.1, -0.05) is 11.6 Å². The van der Waals surface area contributed by atoms with Crippen molar-refractivity contribution in [2.75, 3.05) is 0 Å². The minimum atomic E-state index is 0.549. The summed E-state index contributed by atoms with van der Waals surface area (Å²) in [4.78, 5) is 8.34. The number of halogens is 1. The van der Waals surface area contributed by atoms with E-state index in [9.17, 15) is 0 Å². The van der Waals surface area contributed by atoms with Crippen molar-refractivity contribution in [3.63, 3.8) is 0 Å². The van der Waals surface area contributed by atoms with Crippen LogP contribution < -0.4 is 0 Å². The molecule has 4 rings (SSSR count). The molecule has 0 radical (unpaired) electrons. The summed E-state index contributed by atoms with van der Waals surface area (Å²) in [5.41, 5.74) is 2.59. The quantitative estimate of drug-likeness (QED) is 0.581. The van der Waals surface area contributed by atoms with Crippen LogP contribution in [-0.4, -0.2) is 29.5 Å². The van der Waals surface area contributed by atoms with Crippen LogP contribution in [0.25, 0.3) is 22.8 Å². The van der Waals surface area contributed by atoms with Crippen LogP contribution >= 0.6 is 11.6 Å². The number of hydrogen-bond acceptors (Lipinski definition) is 4. The van der Waals surface area contributed by atoms with Gasteiger partial charge in [0, 0.05) is 30.4 Å². The van der Waals surface area contributed by atoms with Gasteiger partial charge < -0.3 is 0 Å². The molecule has 0 fully saturated rings. The highest BCUT2D eigenvalue weighted by molar-refractivity contribution is 6.32. The maximum atomic E-state index is 6.15. The van der Waals surface area contributed by atoms with Gasteiger partial charge in [0.05, 0.1) is 28.8 Å². The predicted octanol–water partition coefficient (Wildman–Crippen LogP) is 3.17. The molecule has 112 valence electrons. The Hall–Kier alpha value is -2.99. The lowest BCUT2D eigenvalue weighted by Gasteiger charge is -2.01. The van der Waals surface area contributed by atoms with Crippen LogP contribution in [0, 0.1) is 0 Å². The lowest BCUT2D eigenvalue weighted by molar-refractivity contribution is 0.850. The Kier molecular flexibility index (Phi) is 3.36. The first-order valence-electron chi connectivity index (χ1n) is 6.93. The van der Waals surface area contributed by atoms with Gasteiger partial charge >= 0.3 is 0 Å². The third kappa shape index (κ3) is 2.60. The van der Waals surface area contributed by atoms with Crippen molar-refractivity contribution in [3.8, 4) is 22.8 Å². The molecule has 4 aromatic rings. The molecule has 0 aliphatic carbocycles. The van der Waals surface area contributed by atoms with E-state index in [0.29, 0.717) is 10.8 Å². The van der Waals surface area contributed by atoms with Crippen molar-refractivity contribution >= 4 is 11.6 Å². The third-order valence-corrected chi connectivity index (χ3v) is 3.63. The Morgan fingerprint density at radius 2 is 1.87 bits per heavy atom. The summed E-state index contributed by atoms with van der Waals surface area (Å²) in [6.45, 7) is 0. The molecule has 0 saturated carbocycles. The van der Waals surface area contributed by atoms with Crippen molar-refractivity contribution < 1.29 is 0 Å². The van der Waals surface area contributed by atoms with Crippen molar-refractivity contribution in [2.45, 2.75) is 0 Å². The standard InChI is InChI=1S/C16H11ClN6/c17-14-4-2-7-19-16(14)22-8-5-15(21-22)12-9-20-23(11-12)13-3-1-6-18-10-13/h1-11H. The SMILES string of the molecule is Clc1cccnc1-n1ccc(-c2cnn(-c3cccnc3)c2)n1. The summed E-state index contributed by atoms with van der Waals surface area (Å²) in [5.74, 6) is 0.597. The second kappa shape index (κ2) is 5.66. The van der Waals surface area contributed by atoms with E-state index in [1.54, 1.807) is 46.3 Å². The molecule has 4 aromatic heterocycles. The molecule has 0 spiro atoms. The van der Waals surface area contributed by atoms with Crippen molar-refractivity contribution in [3.05, 3.63) is 72.5 Å². The highest BCUT2D eigenvalue weighted by atomic mass is 35.5. The molecule has 7 heteroatoms. The van der Waals surface area contributed by atoms with Crippen molar-refractivity contribution in [1.29, 1.82) is 0 Å². The number of nitrogens with zero attached hydrogens (tertiary/aromatic N) is 6. The second-order valence-corrected chi connectivity index (χ2v) is 5.25. The average molecular weight is 323 g/mol. The van der Waals surface area contributed by atoms with Gasteiger partial charge in [-0.2, -0.15) is 10.2 Å². The molecule has 0 bridgehead atoms. The molecular weight excluding hydrogens is 312 g/mol. The maximum absolute atomic E-state index is 6.15. The van der Waals surface area contributed by atoms with Crippen molar-refractivity contribution in [2.24, 2.45) is 0 Å². The van der Waals surface area contributed by atoms with Gasteiger partial charge in [-0.25, -0.2) is 14.3 Å². The summed E-state index contributed by atoms with van der Waals surface area (Å²) in [6.07, 6.45) is 10.7. The van der Waals surface area contributed by atoms with Crippen LogP contribution in [0.15, 0.2) is 67.5 Å². The fourth-order valence-electron chi connectivity index (χ4n) is 2.23. The first-order valence-corrected chi connectivity index (χ1v) is 7.31. The average Bonchev–Trinajstić information content (AvgIpc) is 3.25. The lowest BCUT2D eigenvalue weighted by Crippen LogP contribution is -1.98. The summed E-state index contributed by atoms with van der Waals surface area (Å²) in [6, 6.07) is 9.28.